The van der Waals surface area contributed by atoms with Gasteiger partial charge in [-0.15, -0.1) is 0 Å². The van der Waals surface area contributed by atoms with E-state index in [1.165, 1.54) is 0 Å². The molecular formula is C17H23ClN2O4. The van der Waals surface area contributed by atoms with E-state index in [2.05, 4.69) is 5.32 Å². The summed E-state index contributed by atoms with van der Waals surface area (Å²) < 4.78 is 10.2. The number of piperidine rings is 1. The van der Waals surface area contributed by atoms with Crippen molar-refractivity contribution in [2.75, 3.05) is 26.8 Å². The molecule has 0 aliphatic carbocycles. The molecule has 0 aromatic heterocycles. The first kappa shape index (κ1) is 18.4. The molecule has 1 fully saturated rings. The van der Waals surface area contributed by atoms with Gasteiger partial charge < -0.3 is 19.7 Å². The first-order valence-corrected chi connectivity index (χ1v) is 8.44. The SMILES string of the molecule is CCOC(=O)N1CCC(NC(=O)Cc2cc(Cl)ccc2OC)CC1. The molecule has 1 aliphatic rings. The summed E-state index contributed by atoms with van der Waals surface area (Å²) in [7, 11) is 1.57. The van der Waals surface area contributed by atoms with Crippen LogP contribution in [-0.2, 0) is 16.0 Å². The second kappa shape index (κ2) is 8.78. The molecular weight excluding hydrogens is 332 g/mol. The van der Waals surface area contributed by atoms with Crippen LogP contribution in [-0.4, -0.2) is 49.7 Å². The summed E-state index contributed by atoms with van der Waals surface area (Å²) in [5, 5.41) is 3.58. The minimum atomic E-state index is -0.286. The fourth-order valence-electron chi connectivity index (χ4n) is 2.76. The van der Waals surface area contributed by atoms with Gasteiger partial charge in [-0.1, -0.05) is 11.6 Å². The van der Waals surface area contributed by atoms with Crippen LogP contribution < -0.4 is 10.1 Å². The van der Waals surface area contributed by atoms with Crippen LogP contribution in [0.2, 0.25) is 5.02 Å². The van der Waals surface area contributed by atoms with E-state index in [0.29, 0.717) is 30.5 Å². The van der Waals surface area contributed by atoms with Gasteiger partial charge in [0.2, 0.25) is 5.91 Å². The number of likely N-dealkylation sites (tertiary alicyclic amines) is 1. The van der Waals surface area contributed by atoms with Gasteiger partial charge in [0.15, 0.2) is 0 Å². The van der Waals surface area contributed by atoms with E-state index in [0.717, 1.165) is 18.4 Å². The number of halogens is 1. The van der Waals surface area contributed by atoms with Gasteiger partial charge in [-0.05, 0) is 38.0 Å². The fourth-order valence-corrected chi connectivity index (χ4v) is 2.95. The Bertz CT molecular complexity index is 586. The highest BCUT2D eigenvalue weighted by Crippen LogP contribution is 2.23. The number of carbonyl (C=O) groups excluding carboxylic acids is 2. The lowest BCUT2D eigenvalue weighted by Gasteiger charge is -2.31. The van der Waals surface area contributed by atoms with Gasteiger partial charge in [0.05, 0.1) is 20.1 Å². The average Bonchev–Trinajstić information content (AvgIpc) is 2.56. The standard InChI is InChI=1S/C17H23ClN2O4/c1-3-24-17(22)20-8-6-14(7-9-20)19-16(21)11-12-10-13(18)4-5-15(12)23-2/h4-5,10,14H,3,6-9,11H2,1-2H3,(H,19,21). The van der Waals surface area contributed by atoms with Crippen molar-refractivity contribution < 1.29 is 19.1 Å². The molecule has 0 bridgehead atoms. The lowest BCUT2D eigenvalue weighted by atomic mass is 10.0. The minimum absolute atomic E-state index is 0.0633. The third-order valence-corrected chi connectivity index (χ3v) is 4.21. The third-order valence-electron chi connectivity index (χ3n) is 3.98. The maximum absolute atomic E-state index is 12.3. The van der Waals surface area contributed by atoms with E-state index < -0.39 is 0 Å². The summed E-state index contributed by atoms with van der Waals surface area (Å²) >= 11 is 5.98. The quantitative estimate of drug-likeness (QED) is 0.882. The fraction of sp³-hybridized carbons (Fsp3) is 0.529. The molecule has 1 N–H and O–H groups in total. The first-order chi connectivity index (χ1) is 11.5. The van der Waals surface area contributed by atoms with Crippen LogP contribution in [0.15, 0.2) is 18.2 Å². The van der Waals surface area contributed by atoms with Crippen molar-refractivity contribution in [3.8, 4) is 5.75 Å². The van der Waals surface area contributed by atoms with Crippen molar-refractivity contribution in [2.45, 2.75) is 32.2 Å². The molecule has 0 radical (unpaired) electrons. The summed E-state index contributed by atoms with van der Waals surface area (Å²) in [6, 6.07) is 5.28. The molecule has 0 atom stereocenters. The lowest BCUT2D eigenvalue weighted by Crippen LogP contribution is -2.47. The third kappa shape index (κ3) is 5.03. The highest BCUT2D eigenvalue weighted by Gasteiger charge is 2.24. The van der Waals surface area contributed by atoms with E-state index in [4.69, 9.17) is 21.1 Å². The van der Waals surface area contributed by atoms with Gasteiger partial charge in [0, 0.05) is 29.7 Å². The molecule has 0 saturated carbocycles. The molecule has 6 nitrogen and oxygen atoms in total. The molecule has 0 spiro atoms. The lowest BCUT2D eigenvalue weighted by molar-refractivity contribution is -0.121. The zero-order valence-electron chi connectivity index (χ0n) is 14.0. The number of hydrogen-bond donors (Lipinski definition) is 1. The smallest absolute Gasteiger partial charge is 0.409 e. The predicted molar refractivity (Wildman–Crippen MR) is 91.5 cm³/mol. The van der Waals surface area contributed by atoms with Gasteiger partial charge in [-0.3, -0.25) is 4.79 Å². The number of nitrogens with zero attached hydrogens (tertiary/aromatic N) is 1. The molecule has 132 valence electrons. The number of ether oxygens (including phenoxy) is 2. The van der Waals surface area contributed by atoms with E-state index in [-0.39, 0.29) is 24.5 Å². The molecule has 7 heteroatoms. The van der Waals surface area contributed by atoms with Crippen molar-refractivity contribution in [1.82, 2.24) is 10.2 Å². The summed E-state index contributed by atoms with van der Waals surface area (Å²) in [6.45, 7) is 3.33. The number of benzene rings is 1. The Morgan fingerprint density at radius 1 is 1.33 bits per heavy atom. The second-order valence-electron chi connectivity index (χ2n) is 5.66. The maximum atomic E-state index is 12.3. The van der Waals surface area contributed by atoms with Crippen LogP contribution in [0, 0.1) is 0 Å². The molecule has 1 aromatic carbocycles. The molecule has 24 heavy (non-hydrogen) atoms. The highest BCUT2D eigenvalue weighted by molar-refractivity contribution is 6.30. The summed E-state index contributed by atoms with van der Waals surface area (Å²) in [6.07, 6.45) is 1.36. The molecule has 2 amide bonds. The minimum Gasteiger partial charge on any atom is -0.496 e. The number of carbonyl (C=O) groups is 2. The number of amides is 2. The van der Waals surface area contributed by atoms with Gasteiger partial charge in [0.1, 0.15) is 5.75 Å². The molecule has 1 heterocycles. The van der Waals surface area contributed by atoms with E-state index >= 15 is 0 Å². The maximum Gasteiger partial charge on any atom is 0.409 e. The van der Waals surface area contributed by atoms with Crippen molar-refractivity contribution in [3.63, 3.8) is 0 Å². The van der Waals surface area contributed by atoms with Crippen LogP contribution in [0.25, 0.3) is 0 Å². The van der Waals surface area contributed by atoms with Crippen molar-refractivity contribution in [2.24, 2.45) is 0 Å². The Hall–Kier alpha value is -1.95. The van der Waals surface area contributed by atoms with E-state index in [9.17, 15) is 9.59 Å². The molecule has 1 aromatic rings. The van der Waals surface area contributed by atoms with Gasteiger partial charge in [-0.2, -0.15) is 0 Å². The molecule has 0 unspecified atom stereocenters. The van der Waals surface area contributed by atoms with Gasteiger partial charge >= 0.3 is 6.09 Å². The topological polar surface area (TPSA) is 67.9 Å². The Morgan fingerprint density at radius 3 is 2.67 bits per heavy atom. The molecule has 1 aliphatic heterocycles. The molecule has 1 saturated heterocycles. The highest BCUT2D eigenvalue weighted by atomic mass is 35.5. The molecule has 2 rings (SSSR count). The van der Waals surface area contributed by atoms with Crippen LogP contribution in [0.5, 0.6) is 5.75 Å². The number of nitrogens with one attached hydrogen (secondary N) is 1. The van der Waals surface area contributed by atoms with Crippen LogP contribution in [0.4, 0.5) is 4.79 Å². The monoisotopic (exact) mass is 354 g/mol. The second-order valence-corrected chi connectivity index (χ2v) is 6.10. The number of rotatable bonds is 5. The summed E-state index contributed by atoms with van der Waals surface area (Å²) in [5.74, 6) is 0.567. The number of hydrogen-bond acceptors (Lipinski definition) is 4. The van der Waals surface area contributed by atoms with Crippen LogP contribution >= 0.6 is 11.6 Å². The summed E-state index contributed by atoms with van der Waals surface area (Å²) in [5.41, 5.74) is 0.756. The van der Waals surface area contributed by atoms with E-state index in [1.807, 2.05) is 0 Å². The zero-order valence-corrected chi connectivity index (χ0v) is 14.8. The summed E-state index contributed by atoms with van der Waals surface area (Å²) in [4.78, 5) is 25.6. The normalized spacial score (nSPS) is 15.0. The van der Waals surface area contributed by atoms with Gasteiger partial charge in [0.25, 0.3) is 0 Å². The largest absolute Gasteiger partial charge is 0.496 e. The van der Waals surface area contributed by atoms with E-state index in [1.54, 1.807) is 37.1 Å². The van der Waals surface area contributed by atoms with Gasteiger partial charge in [-0.25, -0.2) is 4.79 Å². The predicted octanol–water partition coefficient (Wildman–Crippen LogP) is 2.63. The zero-order chi connectivity index (χ0) is 17.5. The van der Waals surface area contributed by atoms with Crippen LogP contribution in [0.1, 0.15) is 25.3 Å². The Morgan fingerprint density at radius 2 is 2.04 bits per heavy atom. The Balaban J connectivity index is 1.84. The Kier molecular flexibility index (Phi) is 6.73. The van der Waals surface area contributed by atoms with Crippen molar-refractivity contribution in [3.05, 3.63) is 28.8 Å². The van der Waals surface area contributed by atoms with Crippen LogP contribution in [0.3, 0.4) is 0 Å². The van der Waals surface area contributed by atoms with Crippen molar-refractivity contribution >= 4 is 23.6 Å². The van der Waals surface area contributed by atoms with Crippen molar-refractivity contribution in [1.29, 1.82) is 0 Å². The Labute approximate surface area is 147 Å². The number of methoxy groups -OCH3 is 1. The first-order valence-electron chi connectivity index (χ1n) is 8.07. The average molecular weight is 355 g/mol.